The Morgan fingerprint density at radius 2 is 1.66 bits per heavy atom. The first-order chi connectivity index (χ1) is 14.1. The van der Waals surface area contributed by atoms with E-state index in [1.165, 1.54) is 12.1 Å². The summed E-state index contributed by atoms with van der Waals surface area (Å²) in [6, 6.07) is 17.4. The van der Waals surface area contributed by atoms with Gasteiger partial charge in [-0.2, -0.15) is 0 Å². The monoisotopic (exact) mass is 458 g/mol. The van der Waals surface area contributed by atoms with Crippen LogP contribution in [0.2, 0.25) is 0 Å². The van der Waals surface area contributed by atoms with Gasteiger partial charge in [-0.05, 0) is 60.7 Å². The number of anilines is 1. The summed E-state index contributed by atoms with van der Waals surface area (Å²) in [7, 11) is 0. The third-order valence-corrected chi connectivity index (χ3v) is 5.35. The van der Waals surface area contributed by atoms with E-state index in [-0.39, 0.29) is 18.3 Å². The maximum absolute atomic E-state index is 13.1. The number of carbonyl (C=O) groups excluding carboxylic acids is 1. The van der Waals surface area contributed by atoms with E-state index in [0.29, 0.717) is 37.7 Å². The number of halogens is 2. The highest BCUT2D eigenvalue weighted by molar-refractivity contribution is 9.10. The predicted molar refractivity (Wildman–Crippen MR) is 112 cm³/mol. The van der Waals surface area contributed by atoms with E-state index in [2.05, 4.69) is 20.8 Å². The Labute approximate surface area is 176 Å². The summed E-state index contributed by atoms with van der Waals surface area (Å²) in [5.41, 5.74) is 0.962. The number of rotatable bonds is 5. The first-order valence-corrected chi connectivity index (χ1v) is 10.1. The second kappa shape index (κ2) is 8.69. The van der Waals surface area contributed by atoms with Gasteiger partial charge in [0.2, 0.25) is 0 Å². The number of hydrogen-bond acceptors (Lipinski definition) is 4. The molecule has 0 saturated carbocycles. The molecule has 3 aromatic rings. The quantitative estimate of drug-likeness (QED) is 0.554. The second-order valence-corrected chi connectivity index (χ2v) is 7.68. The Balaban J connectivity index is 1.31. The fraction of sp³-hybridized carbons (Fsp3) is 0.227. The molecule has 1 fully saturated rings. The molecule has 29 heavy (non-hydrogen) atoms. The summed E-state index contributed by atoms with van der Waals surface area (Å²) >= 11 is 3.38. The summed E-state index contributed by atoms with van der Waals surface area (Å²) < 4.78 is 25.4. The number of furan rings is 1. The Bertz CT molecular complexity index is 964. The van der Waals surface area contributed by atoms with Crippen LogP contribution >= 0.6 is 15.9 Å². The average molecular weight is 459 g/mol. The Hall–Kier alpha value is -2.80. The summed E-state index contributed by atoms with van der Waals surface area (Å²) in [4.78, 5) is 16.6. The van der Waals surface area contributed by atoms with Crippen molar-refractivity contribution >= 4 is 27.5 Å². The lowest BCUT2D eigenvalue weighted by Gasteiger charge is -2.35. The topological polar surface area (TPSA) is 45.9 Å². The molecule has 1 aliphatic rings. The Morgan fingerprint density at radius 3 is 2.34 bits per heavy atom. The zero-order valence-corrected chi connectivity index (χ0v) is 17.3. The van der Waals surface area contributed by atoms with E-state index < -0.39 is 0 Å². The average Bonchev–Trinajstić information content (AvgIpc) is 3.23. The SMILES string of the molecule is O=C(c1ccc(COc2ccc(Br)cc2)o1)N1CCN(c2ccc(F)cc2)CC1. The van der Waals surface area contributed by atoms with E-state index in [0.717, 1.165) is 15.9 Å². The van der Waals surface area contributed by atoms with Crippen LogP contribution < -0.4 is 9.64 Å². The van der Waals surface area contributed by atoms with Crippen molar-refractivity contribution in [3.63, 3.8) is 0 Å². The van der Waals surface area contributed by atoms with E-state index in [1.807, 2.05) is 24.3 Å². The van der Waals surface area contributed by atoms with Gasteiger partial charge in [0.15, 0.2) is 5.76 Å². The fourth-order valence-electron chi connectivity index (χ4n) is 3.23. The van der Waals surface area contributed by atoms with E-state index in [1.54, 1.807) is 29.2 Å². The van der Waals surface area contributed by atoms with Crippen LogP contribution in [0.3, 0.4) is 0 Å². The lowest BCUT2D eigenvalue weighted by molar-refractivity contribution is 0.0710. The predicted octanol–water partition coefficient (Wildman–Crippen LogP) is 4.72. The van der Waals surface area contributed by atoms with Gasteiger partial charge in [0.05, 0.1) is 0 Å². The van der Waals surface area contributed by atoms with Gasteiger partial charge in [0.25, 0.3) is 5.91 Å². The zero-order chi connectivity index (χ0) is 20.2. The van der Waals surface area contributed by atoms with E-state index in [4.69, 9.17) is 9.15 Å². The first-order valence-electron chi connectivity index (χ1n) is 9.35. The van der Waals surface area contributed by atoms with Crippen LogP contribution in [0, 0.1) is 5.82 Å². The van der Waals surface area contributed by atoms with Crippen molar-refractivity contribution in [3.8, 4) is 5.75 Å². The van der Waals surface area contributed by atoms with Crippen LogP contribution in [0.5, 0.6) is 5.75 Å². The molecule has 150 valence electrons. The van der Waals surface area contributed by atoms with Gasteiger partial charge in [-0.1, -0.05) is 15.9 Å². The molecule has 2 heterocycles. The van der Waals surface area contributed by atoms with Crippen molar-refractivity contribution in [2.45, 2.75) is 6.61 Å². The van der Waals surface area contributed by atoms with Crippen molar-refractivity contribution in [2.75, 3.05) is 31.1 Å². The molecule has 0 unspecified atom stereocenters. The molecule has 0 bridgehead atoms. The van der Waals surface area contributed by atoms with Crippen molar-refractivity contribution in [1.29, 1.82) is 0 Å². The standard InChI is InChI=1S/C22H20BrFN2O3/c23-16-1-7-19(8-2-16)28-15-20-9-10-21(29-20)22(27)26-13-11-25(12-14-26)18-5-3-17(24)4-6-18/h1-10H,11-15H2. The van der Waals surface area contributed by atoms with Crippen molar-refractivity contribution in [2.24, 2.45) is 0 Å². The van der Waals surface area contributed by atoms with Gasteiger partial charge >= 0.3 is 0 Å². The van der Waals surface area contributed by atoms with Gasteiger partial charge in [-0.3, -0.25) is 4.79 Å². The van der Waals surface area contributed by atoms with Crippen LogP contribution in [0.4, 0.5) is 10.1 Å². The highest BCUT2D eigenvalue weighted by Crippen LogP contribution is 2.20. The van der Waals surface area contributed by atoms with Crippen molar-refractivity contribution < 1.29 is 18.3 Å². The third kappa shape index (κ3) is 4.79. The lowest BCUT2D eigenvalue weighted by Crippen LogP contribution is -2.48. The number of benzene rings is 2. The maximum atomic E-state index is 13.1. The molecule has 1 amide bonds. The number of carbonyl (C=O) groups is 1. The third-order valence-electron chi connectivity index (χ3n) is 4.83. The van der Waals surface area contributed by atoms with Gasteiger partial charge in [-0.15, -0.1) is 0 Å². The van der Waals surface area contributed by atoms with Gasteiger partial charge in [0.1, 0.15) is 23.9 Å². The van der Waals surface area contributed by atoms with E-state index in [9.17, 15) is 9.18 Å². The molecule has 2 aromatic carbocycles. The van der Waals surface area contributed by atoms with Gasteiger partial charge in [0, 0.05) is 36.3 Å². The summed E-state index contributed by atoms with van der Waals surface area (Å²) in [5.74, 6) is 1.27. The highest BCUT2D eigenvalue weighted by Gasteiger charge is 2.24. The molecule has 1 aromatic heterocycles. The molecule has 0 aliphatic carbocycles. The van der Waals surface area contributed by atoms with Crippen LogP contribution in [0.15, 0.2) is 69.6 Å². The van der Waals surface area contributed by atoms with Gasteiger partial charge < -0.3 is 19.0 Å². The van der Waals surface area contributed by atoms with Crippen LogP contribution in [-0.4, -0.2) is 37.0 Å². The number of nitrogens with zero attached hydrogens (tertiary/aromatic N) is 2. The highest BCUT2D eigenvalue weighted by atomic mass is 79.9. The molecule has 4 rings (SSSR count). The molecule has 0 atom stereocenters. The van der Waals surface area contributed by atoms with Gasteiger partial charge in [-0.25, -0.2) is 4.39 Å². The molecule has 0 radical (unpaired) electrons. The molecular formula is C22H20BrFN2O3. The zero-order valence-electron chi connectivity index (χ0n) is 15.7. The van der Waals surface area contributed by atoms with E-state index >= 15 is 0 Å². The molecule has 1 aliphatic heterocycles. The summed E-state index contributed by atoms with van der Waals surface area (Å²) in [6.45, 7) is 2.81. The molecule has 1 saturated heterocycles. The number of amides is 1. The van der Waals surface area contributed by atoms with Crippen LogP contribution in [0.1, 0.15) is 16.3 Å². The van der Waals surface area contributed by atoms with Crippen LogP contribution in [-0.2, 0) is 6.61 Å². The molecule has 7 heteroatoms. The minimum atomic E-state index is -0.250. The summed E-state index contributed by atoms with van der Waals surface area (Å²) in [5, 5.41) is 0. The number of hydrogen-bond donors (Lipinski definition) is 0. The molecule has 0 N–H and O–H groups in total. The lowest BCUT2D eigenvalue weighted by atomic mass is 10.2. The molecule has 0 spiro atoms. The minimum Gasteiger partial charge on any atom is -0.486 e. The summed E-state index contributed by atoms with van der Waals surface area (Å²) in [6.07, 6.45) is 0. The minimum absolute atomic E-state index is 0.126. The maximum Gasteiger partial charge on any atom is 0.289 e. The number of ether oxygens (including phenoxy) is 1. The molecule has 5 nitrogen and oxygen atoms in total. The smallest absolute Gasteiger partial charge is 0.289 e. The first kappa shape index (κ1) is 19.5. The second-order valence-electron chi connectivity index (χ2n) is 6.76. The normalized spacial score (nSPS) is 14.1. The number of piperazine rings is 1. The Morgan fingerprint density at radius 1 is 0.966 bits per heavy atom. The fourth-order valence-corrected chi connectivity index (χ4v) is 3.50. The largest absolute Gasteiger partial charge is 0.486 e. The van der Waals surface area contributed by atoms with Crippen LogP contribution in [0.25, 0.3) is 0 Å². The molecular weight excluding hydrogens is 439 g/mol. The Kier molecular flexibility index (Phi) is 5.85. The van der Waals surface area contributed by atoms with Crippen molar-refractivity contribution in [3.05, 3.63) is 82.5 Å². The van der Waals surface area contributed by atoms with Crippen molar-refractivity contribution in [1.82, 2.24) is 4.90 Å².